The van der Waals surface area contributed by atoms with Gasteiger partial charge in [-0.15, -0.1) is 0 Å². The van der Waals surface area contributed by atoms with Crippen LogP contribution in [0.15, 0.2) is 53.3 Å². The molecule has 0 spiro atoms. The van der Waals surface area contributed by atoms with Crippen molar-refractivity contribution in [1.82, 2.24) is 20.1 Å². The first kappa shape index (κ1) is 24.9. The minimum atomic E-state index is -0.0528. The number of H-pyrrole nitrogens is 1. The van der Waals surface area contributed by atoms with Crippen LogP contribution in [0.25, 0.3) is 10.9 Å². The van der Waals surface area contributed by atoms with Crippen LogP contribution in [0.2, 0.25) is 0 Å². The predicted octanol–water partition coefficient (Wildman–Crippen LogP) is 4.92. The zero-order chi connectivity index (χ0) is 24.0. The van der Waals surface area contributed by atoms with Gasteiger partial charge in [0.05, 0.1) is 18.1 Å². The van der Waals surface area contributed by atoms with Crippen molar-refractivity contribution in [3.05, 3.63) is 81.1 Å². The number of benzene rings is 2. The van der Waals surface area contributed by atoms with Crippen molar-refractivity contribution in [2.75, 3.05) is 26.2 Å². The van der Waals surface area contributed by atoms with Gasteiger partial charge in [-0.3, -0.25) is 4.79 Å². The molecule has 3 rings (SSSR count). The fourth-order valence-corrected chi connectivity index (χ4v) is 4.43. The molecule has 0 aliphatic carbocycles. The average molecular weight is 465 g/mol. The van der Waals surface area contributed by atoms with Crippen LogP contribution >= 0.6 is 12.2 Å². The largest absolute Gasteiger partial charge is 0.356 e. The van der Waals surface area contributed by atoms with E-state index >= 15 is 0 Å². The maximum absolute atomic E-state index is 13.0. The molecule has 0 unspecified atom stereocenters. The highest BCUT2D eigenvalue weighted by atomic mass is 32.1. The van der Waals surface area contributed by atoms with Gasteiger partial charge in [0.2, 0.25) is 0 Å². The van der Waals surface area contributed by atoms with Gasteiger partial charge in [-0.05, 0) is 68.8 Å². The predicted molar refractivity (Wildman–Crippen MR) is 143 cm³/mol. The summed E-state index contributed by atoms with van der Waals surface area (Å²) in [4.78, 5) is 20.6. The number of fused-ring (bicyclic) bond motifs is 1. The van der Waals surface area contributed by atoms with Gasteiger partial charge in [0.15, 0.2) is 5.11 Å². The summed E-state index contributed by atoms with van der Waals surface area (Å²) in [6, 6.07) is 16.5. The molecule has 0 aliphatic heterocycles. The molecule has 0 amide bonds. The van der Waals surface area contributed by atoms with Gasteiger partial charge in [0, 0.05) is 24.0 Å². The van der Waals surface area contributed by atoms with E-state index in [0.717, 1.165) is 53.8 Å². The van der Waals surface area contributed by atoms with E-state index in [0.29, 0.717) is 11.7 Å². The van der Waals surface area contributed by atoms with Crippen molar-refractivity contribution < 1.29 is 0 Å². The van der Waals surface area contributed by atoms with Gasteiger partial charge in [0.1, 0.15) is 0 Å². The van der Waals surface area contributed by atoms with E-state index < -0.39 is 0 Å². The van der Waals surface area contributed by atoms with Crippen LogP contribution in [0.1, 0.15) is 49.1 Å². The van der Waals surface area contributed by atoms with Crippen molar-refractivity contribution in [3.8, 4) is 0 Å². The summed E-state index contributed by atoms with van der Waals surface area (Å²) in [5, 5.41) is 5.23. The SMILES string of the molecule is CCN(CC)CCN(Cc1cc2c(C)ccc(C)c2[nH]c1=O)C(=S)N[C@@H](C)c1ccccc1. The van der Waals surface area contributed by atoms with Crippen LogP contribution in [0.3, 0.4) is 0 Å². The average Bonchev–Trinajstić information content (AvgIpc) is 2.82. The van der Waals surface area contributed by atoms with Crippen molar-refractivity contribution in [2.24, 2.45) is 0 Å². The zero-order valence-electron chi connectivity index (χ0n) is 20.4. The molecule has 0 radical (unpaired) electrons. The highest BCUT2D eigenvalue weighted by Gasteiger charge is 2.17. The Labute approximate surface area is 202 Å². The Balaban J connectivity index is 1.87. The van der Waals surface area contributed by atoms with Gasteiger partial charge in [-0.25, -0.2) is 0 Å². The fourth-order valence-electron chi connectivity index (χ4n) is 4.10. The third-order valence-corrected chi connectivity index (χ3v) is 6.77. The minimum Gasteiger partial charge on any atom is -0.356 e. The Morgan fingerprint density at radius 1 is 1.03 bits per heavy atom. The third kappa shape index (κ3) is 6.21. The molecule has 33 heavy (non-hydrogen) atoms. The lowest BCUT2D eigenvalue weighted by Crippen LogP contribution is -2.44. The standard InChI is InChI=1S/C27H36N4OS/c1-6-30(7-2)15-16-31(27(33)28-21(5)22-11-9-8-10-12-22)18-23-17-24-19(3)13-14-20(4)25(24)29-26(23)32/h8-14,17,21H,6-7,15-16,18H2,1-5H3,(H,28,33)(H,29,32)/t21-/m0/s1. The zero-order valence-corrected chi connectivity index (χ0v) is 21.3. The number of rotatable bonds is 9. The Morgan fingerprint density at radius 2 is 1.70 bits per heavy atom. The number of pyridine rings is 1. The van der Waals surface area contributed by atoms with Crippen LogP contribution < -0.4 is 10.9 Å². The molecule has 1 heterocycles. The lowest BCUT2D eigenvalue weighted by molar-refractivity contribution is 0.262. The van der Waals surface area contributed by atoms with Crippen molar-refractivity contribution in [2.45, 2.75) is 47.2 Å². The van der Waals surface area contributed by atoms with Crippen molar-refractivity contribution in [3.63, 3.8) is 0 Å². The van der Waals surface area contributed by atoms with Gasteiger partial charge >= 0.3 is 0 Å². The number of nitrogens with one attached hydrogen (secondary N) is 2. The van der Waals surface area contributed by atoms with E-state index in [9.17, 15) is 4.79 Å². The molecular formula is C27H36N4OS. The monoisotopic (exact) mass is 464 g/mol. The molecule has 3 aromatic rings. The molecule has 0 aliphatic rings. The number of likely N-dealkylation sites (N-methyl/N-ethyl adjacent to an activating group) is 1. The summed E-state index contributed by atoms with van der Waals surface area (Å²) >= 11 is 5.85. The Bertz CT molecular complexity index is 1140. The fraction of sp³-hybridized carbons (Fsp3) is 0.407. The smallest absolute Gasteiger partial charge is 0.253 e. The van der Waals surface area contributed by atoms with Crippen LogP contribution in [0, 0.1) is 13.8 Å². The lowest BCUT2D eigenvalue weighted by atomic mass is 10.0. The van der Waals surface area contributed by atoms with Crippen molar-refractivity contribution >= 4 is 28.2 Å². The maximum atomic E-state index is 13.0. The van der Waals surface area contributed by atoms with Gasteiger partial charge in [-0.1, -0.05) is 56.3 Å². The van der Waals surface area contributed by atoms with E-state index in [1.165, 1.54) is 5.56 Å². The number of aryl methyl sites for hydroxylation is 2. The number of aromatic nitrogens is 1. The highest BCUT2D eigenvalue weighted by Crippen LogP contribution is 2.20. The molecule has 2 N–H and O–H groups in total. The number of nitrogens with zero attached hydrogens (tertiary/aromatic N) is 2. The summed E-state index contributed by atoms with van der Waals surface area (Å²) < 4.78 is 0. The first-order valence-corrected chi connectivity index (χ1v) is 12.2. The molecular weight excluding hydrogens is 428 g/mol. The molecule has 0 saturated carbocycles. The van der Waals surface area contributed by atoms with E-state index in [4.69, 9.17) is 12.2 Å². The Morgan fingerprint density at radius 3 is 2.36 bits per heavy atom. The topological polar surface area (TPSA) is 51.4 Å². The number of aromatic amines is 1. The van der Waals surface area contributed by atoms with Gasteiger partial charge in [0.25, 0.3) is 5.56 Å². The molecule has 1 atom stereocenters. The first-order valence-electron chi connectivity index (χ1n) is 11.8. The number of hydrogen-bond donors (Lipinski definition) is 2. The first-order chi connectivity index (χ1) is 15.8. The van der Waals surface area contributed by atoms with Crippen LogP contribution in [-0.2, 0) is 6.54 Å². The second-order valence-electron chi connectivity index (χ2n) is 8.64. The Hall–Kier alpha value is -2.70. The van der Waals surface area contributed by atoms with Crippen LogP contribution in [0.5, 0.6) is 0 Å². The van der Waals surface area contributed by atoms with E-state index in [2.05, 4.69) is 66.0 Å². The van der Waals surface area contributed by atoms with Crippen molar-refractivity contribution in [1.29, 1.82) is 0 Å². The molecule has 0 bridgehead atoms. The number of thiocarbonyl (C=S) groups is 1. The van der Waals surface area contributed by atoms with Crippen LogP contribution in [-0.4, -0.2) is 46.1 Å². The van der Waals surface area contributed by atoms with E-state index in [-0.39, 0.29) is 11.6 Å². The summed E-state index contributed by atoms with van der Waals surface area (Å²) in [5.41, 5.74) is 5.00. The summed E-state index contributed by atoms with van der Waals surface area (Å²) in [5.74, 6) is 0. The van der Waals surface area contributed by atoms with E-state index in [1.54, 1.807) is 0 Å². The van der Waals surface area contributed by atoms with Gasteiger partial charge < -0.3 is 20.1 Å². The molecule has 0 fully saturated rings. The molecule has 0 saturated heterocycles. The van der Waals surface area contributed by atoms with E-state index in [1.807, 2.05) is 37.3 Å². The second kappa shape index (κ2) is 11.4. The third-order valence-electron chi connectivity index (χ3n) is 6.39. The minimum absolute atomic E-state index is 0.0528. The molecule has 5 nitrogen and oxygen atoms in total. The van der Waals surface area contributed by atoms with Crippen LogP contribution in [0.4, 0.5) is 0 Å². The maximum Gasteiger partial charge on any atom is 0.253 e. The second-order valence-corrected chi connectivity index (χ2v) is 9.03. The summed E-state index contributed by atoms with van der Waals surface area (Å²) in [6.45, 7) is 14.6. The van der Waals surface area contributed by atoms with Gasteiger partial charge in [-0.2, -0.15) is 0 Å². The molecule has 176 valence electrons. The molecule has 2 aromatic carbocycles. The molecule has 6 heteroatoms. The summed E-state index contributed by atoms with van der Waals surface area (Å²) in [6.07, 6.45) is 0. The normalized spacial score (nSPS) is 12.2. The Kier molecular flexibility index (Phi) is 8.64. The lowest BCUT2D eigenvalue weighted by Gasteiger charge is -2.30. The summed E-state index contributed by atoms with van der Waals surface area (Å²) in [7, 11) is 0. The number of hydrogen-bond acceptors (Lipinski definition) is 3. The highest BCUT2D eigenvalue weighted by molar-refractivity contribution is 7.80. The quantitative estimate of drug-likeness (QED) is 0.440. The molecule has 1 aromatic heterocycles.